The number of hydrogen-bond acceptors (Lipinski definition) is 7. The summed E-state index contributed by atoms with van der Waals surface area (Å²) >= 11 is 0. The monoisotopic (exact) mass is 932 g/mol. The topological polar surface area (TPSA) is 94.1 Å². The van der Waals surface area contributed by atoms with Crippen LogP contribution in [0, 0.1) is 0 Å². The van der Waals surface area contributed by atoms with Crippen LogP contribution in [0.15, 0.2) is 72.9 Å². The van der Waals surface area contributed by atoms with E-state index in [1.54, 1.807) is 0 Å². The predicted octanol–water partition coefficient (Wildman–Crippen LogP) is 16.0. The number of quaternary nitrogens is 1. The molecule has 0 aromatic carbocycles. The molecular weight excluding hydrogens is 830 g/mol. The Bertz CT molecular complexity index is 1270. The molecule has 378 valence electrons. The smallest absolute Gasteiger partial charge is 0.306 e. The fraction of sp³-hybridized carbons (Fsp3) is 0.768. The third-order valence-corrected chi connectivity index (χ3v) is 12.2. The number of carbonyl (C=O) groups excluding carboxylic acids is 1. The van der Waals surface area contributed by atoms with Gasteiger partial charge in [-0.15, -0.1) is 0 Å². The molecule has 0 aliphatic carbocycles. The molecule has 0 saturated heterocycles. The Morgan fingerprint density at radius 2 is 0.892 bits per heavy atom. The van der Waals surface area contributed by atoms with Crippen molar-refractivity contribution in [1.82, 2.24) is 0 Å². The van der Waals surface area contributed by atoms with Crippen LogP contribution < -0.4 is 4.89 Å². The van der Waals surface area contributed by atoms with E-state index >= 15 is 0 Å². The van der Waals surface area contributed by atoms with Gasteiger partial charge in [0.05, 0.1) is 34.4 Å². The van der Waals surface area contributed by atoms with E-state index in [0.29, 0.717) is 24.1 Å². The molecule has 0 fully saturated rings. The van der Waals surface area contributed by atoms with Gasteiger partial charge in [0.25, 0.3) is 7.82 Å². The van der Waals surface area contributed by atoms with Crippen molar-refractivity contribution in [2.75, 3.05) is 54.1 Å². The summed E-state index contributed by atoms with van der Waals surface area (Å²) in [7, 11) is 1.35. The van der Waals surface area contributed by atoms with Gasteiger partial charge in [-0.05, 0) is 83.5 Å². The summed E-state index contributed by atoms with van der Waals surface area (Å²) in [6.07, 6.45) is 63.5. The summed E-state index contributed by atoms with van der Waals surface area (Å²) in [6, 6.07) is 0. The van der Waals surface area contributed by atoms with Crippen molar-refractivity contribution in [2.24, 2.45) is 0 Å². The number of hydrogen-bond donors (Lipinski definition) is 0. The third-order valence-electron chi connectivity index (χ3n) is 11.2. The van der Waals surface area contributed by atoms with E-state index in [4.69, 9.17) is 18.5 Å². The molecule has 0 amide bonds. The van der Waals surface area contributed by atoms with Crippen LogP contribution in [0.25, 0.3) is 0 Å². The van der Waals surface area contributed by atoms with Crippen LogP contribution in [0.3, 0.4) is 0 Å². The van der Waals surface area contributed by atoms with Gasteiger partial charge >= 0.3 is 5.97 Å². The maximum Gasteiger partial charge on any atom is 0.306 e. The minimum absolute atomic E-state index is 0.0220. The van der Waals surface area contributed by atoms with E-state index in [1.165, 1.54) is 135 Å². The number of carbonyl (C=O) groups is 1. The molecule has 0 aliphatic rings. The highest BCUT2D eigenvalue weighted by Gasteiger charge is 2.20. The quantitative estimate of drug-likeness (QED) is 0.0197. The van der Waals surface area contributed by atoms with Crippen molar-refractivity contribution in [3.63, 3.8) is 0 Å². The number of phosphoric ester groups is 1. The molecule has 0 bridgehead atoms. The Labute approximate surface area is 402 Å². The lowest BCUT2D eigenvalue weighted by atomic mass is 10.0. The van der Waals surface area contributed by atoms with Crippen molar-refractivity contribution >= 4 is 13.8 Å². The van der Waals surface area contributed by atoms with Crippen LogP contribution in [-0.4, -0.2) is 70.7 Å². The first-order valence-electron chi connectivity index (χ1n) is 26.7. The van der Waals surface area contributed by atoms with E-state index in [2.05, 4.69) is 86.8 Å². The van der Waals surface area contributed by atoms with E-state index < -0.39 is 13.9 Å². The molecule has 65 heavy (non-hydrogen) atoms. The second-order valence-electron chi connectivity index (χ2n) is 18.9. The Morgan fingerprint density at radius 1 is 0.492 bits per heavy atom. The van der Waals surface area contributed by atoms with E-state index in [1.807, 2.05) is 21.1 Å². The average molecular weight is 932 g/mol. The van der Waals surface area contributed by atoms with Crippen molar-refractivity contribution in [2.45, 2.75) is 225 Å². The van der Waals surface area contributed by atoms with Gasteiger partial charge in [-0.2, -0.15) is 0 Å². The molecule has 0 N–H and O–H groups in total. The zero-order valence-electron chi connectivity index (χ0n) is 42.9. The highest BCUT2D eigenvalue weighted by atomic mass is 31.2. The fourth-order valence-corrected chi connectivity index (χ4v) is 7.89. The molecule has 0 rings (SSSR count). The minimum Gasteiger partial charge on any atom is -0.756 e. The summed E-state index contributed by atoms with van der Waals surface area (Å²) in [4.78, 5) is 25.2. The largest absolute Gasteiger partial charge is 0.756 e. The lowest BCUT2D eigenvalue weighted by Crippen LogP contribution is -2.37. The standard InChI is InChI=1S/C56H102NO7P/c1-6-8-10-12-14-16-18-20-22-24-26-27-28-29-30-31-32-33-35-37-39-41-43-45-47-49-56(58)64-55(54-63-65(59,60)62-52-50-57(3,4)5)53-61-51-48-46-44-42-40-38-36-34-25-23-21-19-17-15-13-11-9-7-2/h8,10,14-17,20-23,26-27,55H,6-7,9,11-13,18-19,24-25,28-54H2,1-5H3/b10-8-,16-14-,17-15-,22-20-,23-21-,27-26-. The van der Waals surface area contributed by atoms with Gasteiger partial charge in [-0.3, -0.25) is 9.36 Å². The number of likely N-dealkylation sites (N-methyl/N-ethyl adjacent to an activating group) is 1. The van der Waals surface area contributed by atoms with Gasteiger partial charge in [0.1, 0.15) is 19.3 Å². The van der Waals surface area contributed by atoms with E-state index in [-0.39, 0.29) is 25.8 Å². The first-order chi connectivity index (χ1) is 31.6. The second-order valence-corrected chi connectivity index (χ2v) is 20.3. The zero-order valence-corrected chi connectivity index (χ0v) is 43.8. The van der Waals surface area contributed by atoms with Crippen LogP contribution in [-0.2, 0) is 27.9 Å². The first kappa shape index (κ1) is 62.9. The Hall–Kier alpha value is -2.06. The molecule has 0 aromatic rings. The molecule has 0 heterocycles. The number of ether oxygens (including phenoxy) is 2. The predicted molar refractivity (Wildman–Crippen MR) is 277 cm³/mol. The minimum atomic E-state index is -4.54. The van der Waals surface area contributed by atoms with Gasteiger partial charge in [0, 0.05) is 13.0 Å². The molecule has 0 radical (unpaired) electrons. The molecule has 0 aromatic heterocycles. The van der Waals surface area contributed by atoms with Crippen LogP contribution in [0.5, 0.6) is 0 Å². The average Bonchev–Trinajstić information content (AvgIpc) is 3.27. The Kier molecular flexibility index (Phi) is 46.9. The van der Waals surface area contributed by atoms with Gasteiger partial charge in [0.2, 0.25) is 0 Å². The summed E-state index contributed by atoms with van der Waals surface area (Å²) < 4.78 is 34.8. The molecule has 2 atom stereocenters. The first-order valence-corrected chi connectivity index (χ1v) is 28.1. The van der Waals surface area contributed by atoms with Gasteiger partial charge < -0.3 is 27.9 Å². The van der Waals surface area contributed by atoms with Crippen molar-refractivity contribution in [1.29, 1.82) is 0 Å². The Morgan fingerprint density at radius 3 is 1.34 bits per heavy atom. The summed E-state index contributed by atoms with van der Waals surface area (Å²) in [6.45, 7) is 5.27. The van der Waals surface area contributed by atoms with Gasteiger partial charge in [-0.1, -0.05) is 202 Å². The number of allylic oxidation sites excluding steroid dienone is 12. The highest BCUT2D eigenvalue weighted by molar-refractivity contribution is 7.45. The zero-order chi connectivity index (χ0) is 47.6. The molecule has 0 aliphatic heterocycles. The van der Waals surface area contributed by atoms with Crippen molar-refractivity contribution in [3.05, 3.63) is 72.9 Å². The number of unbranched alkanes of at least 4 members (excludes halogenated alkanes) is 23. The molecular formula is C56H102NO7P. The van der Waals surface area contributed by atoms with Gasteiger partial charge in [-0.25, -0.2) is 0 Å². The molecule has 9 heteroatoms. The summed E-state index contributed by atoms with van der Waals surface area (Å²) in [5, 5.41) is 0. The lowest BCUT2D eigenvalue weighted by molar-refractivity contribution is -0.870. The van der Waals surface area contributed by atoms with Crippen LogP contribution in [0.4, 0.5) is 0 Å². The molecule has 0 spiro atoms. The molecule has 0 saturated carbocycles. The van der Waals surface area contributed by atoms with Gasteiger partial charge in [0.15, 0.2) is 0 Å². The normalized spacial score (nSPS) is 14.1. The number of nitrogens with zero attached hydrogens (tertiary/aromatic N) is 1. The summed E-state index contributed by atoms with van der Waals surface area (Å²) in [5.41, 5.74) is 0. The van der Waals surface area contributed by atoms with Crippen LogP contribution in [0.1, 0.15) is 219 Å². The maximum absolute atomic E-state index is 12.8. The molecule has 8 nitrogen and oxygen atoms in total. The second kappa shape index (κ2) is 48.4. The number of rotatable bonds is 49. The van der Waals surface area contributed by atoms with Crippen LogP contribution in [0.2, 0.25) is 0 Å². The van der Waals surface area contributed by atoms with Crippen molar-refractivity contribution in [3.8, 4) is 0 Å². The SMILES string of the molecule is CC/C=C\C/C=C\C/C=C\C/C=C\CCCCCCCCCCCCCCC(=O)OC(COCCCCCCCCCC/C=C\C/C=C\CCCCC)COP(=O)([O-])OCC[N+](C)(C)C. The number of phosphoric acid groups is 1. The van der Waals surface area contributed by atoms with E-state index in [9.17, 15) is 14.3 Å². The van der Waals surface area contributed by atoms with Crippen molar-refractivity contribution < 1.29 is 37.3 Å². The van der Waals surface area contributed by atoms with E-state index in [0.717, 1.165) is 64.2 Å². The fourth-order valence-electron chi connectivity index (χ4n) is 7.16. The van der Waals surface area contributed by atoms with Crippen LogP contribution >= 0.6 is 7.82 Å². The maximum atomic E-state index is 12.8. The lowest BCUT2D eigenvalue weighted by Gasteiger charge is -2.28. The third kappa shape index (κ3) is 52.8. The number of esters is 1. The highest BCUT2D eigenvalue weighted by Crippen LogP contribution is 2.38. The Balaban J connectivity index is 4.12. The molecule has 2 unspecified atom stereocenters. The summed E-state index contributed by atoms with van der Waals surface area (Å²) in [5.74, 6) is -0.339.